The van der Waals surface area contributed by atoms with Gasteiger partial charge in [-0.1, -0.05) is 0 Å². The Bertz CT molecular complexity index is 259. The molecule has 4 nitrogen and oxygen atoms in total. The van der Waals surface area contributed by atoms with Crippen LogP contribution < -0.4 is 5.73 Å². The van der Waals surface area contributed by atoms with Crippen molar-refractivity contribution in [2.75, 3.05) is 32.7 Å². The molecule has 1 saturated heterocycles. The van der Waals surface area contributed by atoms with Crippen molar-refractivity contribution in [3.8, 4) is 6.07 Å². The van der Waals surface area contributed by atoms with Crippen molar-refractivity contribution < 1.29 is 0 Å². The molecule has 17 heavy (non-hydrogen) atoms. The first-order valence-electron chi connectivity index (χ1n) is 6.61. The third kappa shape index (κ3) is 5.03. The molecule has 0 spiro atoms. The van der Waals surface area contributed by atoms with Gasteiger partial charge in [0.25, 0.3) is 0 Å². The molecule has 1 atom stereocenters. The summed E-state index contributed by atoms with van der Waals surface area (Å²) in [5.74, 6) is 0. The summed E-state index contributed by atoms with van der Waals surface area (Å²) in [6.07, 6.45) is 1.80. The highest BCUT2D eigenvalue weighted by Crippen LogP contribution is 2.10. The van der Waals surface area contributed by atoms with Gasteiger partial charge in [0, 0.05) is 32.2 Å². The number of nitrogens with two attached hydrogens (primary N) is 1. The van der Waals surface area contributed by atoms with Crippen LogP contribution in [0.3, 0.4) is 0 Å². The van der Waals surface area contributed by atoms with E-state index in [1.54, 1.807) is 0 Å². The van der Waals surface area contributed by atoms with Crippen molar-refractivity contribution in [2.24, 2.45) is 5.73 Å². The van der Waals surface area contributed by atoms with Gasteiger partial charge in [-0.25, -0.2) is 0 Å². The Morgan fingerprint density at radius 2 is 1.88 bits per heavy atom. The minimum atomic E-state index is -0.653. The molecule has 0 saturated carbocycles. The quantitative estimate of drug-likeness (QED) is 0.777. The minimum Gasteiger partial charge on any atom is -0.314 e. The Morgan fingerprint density at radius 3 is 2.35 bits per heavy atom. The minimum absolute atomic E-state index is 0.653. The predicted octanol–water partition coefficient (Wildman–Crippen LogP) is 1.03. The number of nitrogens with zero attached hydrogens (tertiary/aromatic N) is 3. The summed E-state index contributed by atoms with van der Waals surface area (Å²) in [5, 5.41) is 8.83. The molecule has 1 rings (SSSR count). The monoisotopic (exact) mass is 238 g/mol. The van der Waals surface area contributed by atoms with E-state index in [-0.39, 0.29) is 0 Å². The molecular weight excluding hydrogens is 212 g/mol. The molecule has 0 bridgehead atoms. The molecule has 0 aromatic rings. The van der Waals surface area contributed by atoms with Gasteiger partial charge in [-0.2, -0.15) is 5.26 Å². The zero-order chi connectivity index (χ0) is 12.9. The van der Waals surface area contributed by atoms with E-state index in [1.807, 2.05) is 6.92 Å². The Hall–Kier alpha value is -0.630. The van der Waals surface area contributed by atoms with E-state index < -0.39 is 5.54 Å². The lowest BCUT2D eigenvalue weighted by Gasteiger charge is -2.37. The van der Waals surface area contributed by atoms with E-state index >= 15 is 0 Å². The van der Waals surface area contributed by atoms with E-state index in [1.165, 1.54) is 0 Å². The van der Waals surface area contributed by atoms with Crippen LogP contribution in [0, 0.1) is 11.3 Å². The van der Waals surface area contributed by atoms with Crippen LogP contribution in [-0.4, -0.2) is 54.1 Å². The average Bonchev–Trinajstić information content (AvgIpc) is 2.29. The summed E-state index contributed by atoms with van der Waals surface area (Å²) in [7, 11) is 0. The Kier molecular flexibility index (Phi) is 5.38. The maximum atomic E-state index is 8.83. The van der Waals surface area contributed by atoms with Crippen LogP contribution in [0.1, 0.15) is 33.6 Å². The molecule has 0 radical (unpaired) electrons. The number of rotatable bonds is 5. The molecule has 1 fully saturated rings. The first-order valence-corrected chi connectivity index (χ1v) is 6.61. The second kappa shape index (κ2) is 6.34. The Balaban J connectivity index is 2.17. The first-order chi connectivity index (χ1) is 7.94. The summed E-state index contributed by atoms with van der Waals surface area (Å²) in [5.41, 5.74) is 5.15. The smallest absolute Gasteiger partial charge is 0.101 e. The van der Waals surface area contributed by atoms with Gasteiger partial charge >= 0.3 is 0 Å². The number of piperazine rings is 1. The maximum absolute atomic E-state index is 8.83. The highest BCUT2D eigenvalue weighted by molar-refractivity contribution is 5.00. The fraction of sp³-hybridized carbons (Fsp3) is 0.923. The van der Waals surface area contributed by atoms with Crippen LogP contribution in [0.5, 0.6) is 0 Å². The zero-order valence-electron chi connectivity index (χ0n) is 11.4. The molecule has 0 amide bonds. The Labute approximate surface area is 105 Å². The molecule has 1 heterocycles. The fourth-order valence-corrected chi connectivity index (χ4v) is 2.23. The van der Waals surface area contributed by atoms with Crippen molar-refractivity contribution >= 4 is 0 Å². The normalized spacial score (nSPS) is 22.4. The lowest BCUT2D eigenvalue weighted by Crippen LogP contribution is -2.49. The molecular formula is C13H26N4. The van der Waals surface area contributed by atoms with Crippen LogP contribution in [0.15, 0.2) is 0 Å². The molecule has 98 valence electrons. The summed E-state index contributed by atoms with van der Waals surface area (Å²) >= 11 is 0. The summed E-state index contributed by atoms with van der Waals surface area (Å²) < 4.78 is 0. The standard InChI is InChI=1S/C13H26N4/c1-12(2)17-9-7-16(8-10-17)6-4-5-13(3,15)11-14/h12H,4-10,15H2,1-3H3. The molecule has 4 heteroatoms. The summed E-state index contributed by atoms with van der Waals surface area (Å²) in [6.45, 7) is 12.0. The number of nitriles is 1. The van der Waals surface area contributed by atoms with E-state index in [9.17, 15) is 0 Å². The van der Waals surface area contributed by atoms with Crippen molar-refractivity contribution in [1.29, 1.82) is 5.26 Å². The molecule has 0 aromatic heterocycles. The highest BCUT2D eigenvalue weighted by atomic mass is 15.3. The third-order valence-electron chi connectivity index (χ3n) is 3.56. The highest BCUT2D eigenvalue weighted by Gasteiger charge is 2.20. The van der Waals surface area contributed by atoms with Gasteiger partial charge in [0.15, 0.2) is 0 Å². The van der Waals surface area contributed by atoms with Gasteiger partial charge in [-0.15, -0.1) is 0 Å². The fourth-order valence-electron chi connectivity index (χ4n) is 2.23. The molecule has 1 aliphatic heterocycles. The molecule has 1 aliphatic rings. The Morgan fingerprint density at radius 1 is 1.29 bits per heavy atom. The van der Waals surface area contributed by atoms with Crippen molar-refractivity contribution in [3.63, 3.8) is 0 Å². The van der Waals surface area contributed by atoms with E-state index in [4.69, 9.17) is 11.0 Å². The van der Waals surface area contributed by atoms with E-state index in [0.717, 1.165) is 45.6 Å². The lowest BCUT2D eigenvalue weighted by atomic mass is 9.99. The van der Waals surface area contributed by atoms with Gasteiger partial charge in [-0.3, -0.25) is 4.90 Å². The van der Waals surface area contributed by atoms with Gasteiger partial charge in [0.1, 0.15) is 5.54 Å². The molecule has 2 N–H and O–H groups in total. The third-order valence-corrected chi connectivity index (χ3v) is 3.56. The first kappa shape index (κ1) is 14.4. The van der Waals surface area contributed by atoms with Gasteiger partial charge in [0.2, 0.25) is 0 Å². The maximum Gasteiger partial charge on any atom is 0.101 e. The van der Waals surface area contributed by atoms with Crippen molar-refractivity contribution in [2.45, 2.75) is 45.2 Å². The summed E-state index contributed by atoms with van der Waals surface area (Å²) in [4.78, 5) is 4.99. The number of hydrogen-bond acceptors (Lipinski definition) is 4. The van der Waals surface area contributed by atoms with Crippen molar-refractivity contribution in [3.05, 3.63) is 0 Å². The van der Waals surface area contributed by atoms with Crippen LogP contribution in [0.2, 0.25) is 0 Å². The van der Waals surface area contributed by atoms with Crippen LogP contribution in [0.25, 0.3) is 0 Å². The lowest BCUT2D eigenvalue weighted by molar-refractivity contribution is 0.106. The topological polar surface area (TPSA) is 56.3 Å². The van der Waals surface area contributed by atoms with Crippen LogP contribution >= 0.6 is 0 Å². The number of hydrogen-bond donors (Lipinski definition) is 1. The SMILES string of the molecule is CC(C)N1CCN(CCCC(C)(N)C#N)CC1. The van der Waals surface area contributed by atoms with Gasteiger partial charge in [-0.05, 0) is 40.2 Å². The average molecular weight is 238 g/mol. The van der Waals surface area contributed by atoms with E-state index in [2.05, 4.69) is 29.7 Å². The second-order valence-corrected chi connectivity index (χ2v) is 5.60. The van der Waals surface area contributed by atoms with Crippen LogP contribution in [-0.2, 0) is 0 Å². The van der Waals surface area contributed by atoms with Gasteiger partial charge in [0.05, 0.1) is 6.07 Å². The zero-order valence-corrected chi connectivity index (χ0v) is 11.4. The van der Waals surface area contributed by atoms with Crippen molar-refractivity contribution in [1.82, 2.24) is 9.80 Å². The molecule has 0 aromatic carbocycles. The predicted molar refractivity (Wildman–Crippen MR) is 70.6 cm³/mol. The van der Waals surface area contributed by atoms with Crippen LogP contribution in [0.4, 0.5) is 0 Å². The van der Waals surface area contributed by atoms with E-state index in [0.29, 0.717) is 6.04 Å². The summed E-state index contributed by atoms with van der Waals surface area (Å²) in [6, 6.07) is 2.81. The molecule has 1 unspecified atom stereocenters. The largest absolute Gasteiger partial charge is 0.314 e. The van der Waals surface area contributed by atoms with Gasteiger partial charge < -0.3 is 10.6 Å². The molecule has 0 aliphatic carbocycles. The second-order valence-electron chi connectivity index (χ2n) is 5.60.